The standard InChI is InChI=1S/C16H20N2O4S2/c1-13(10-11-14-6-3-2-4-7-14)18-24(21,22)16-9-5-8-15(12-16)23(17,19)20/h2-9,12-13,18H,10-11H2,1H3,(H2,17,19,20)/t13-/m1/s1. The number of aryl methyl sites for hydroxylation is 1. The molecule has 0 aromatic heterocycles. The van der Waals surface area contributed by atoms with Crippen LogP contribution in [0.5, 0.6) is 0 Å². The predicted octanol–water partition coefficient (Wildman–Crippen LogP) is 1.63. The molecule has 0 aliphatic heterocycles. The van der Waals surface area contributed by atoms with Gasteiger partial charge in [-0.3, -0.25) is 0 Å². The van der Waals surface area contributed by atoms with Gasteiger partial charge in [0.15, 0.2) is 0 Å². The SMILES string of the molecule is C[C@H](CCc1ccccc1)NS(=O)(=O)c1cccc(S(N)(=O)=O)c1. The van der Waals surface area contributed by atoms with Crippen molar-refractivity contribution >= 4 is 20.0 Å². The fourth-order valence-electron chi connectivity index (χ4n) is 2.24. The zero-order valence-electron chi connectivity index (χ0n) is 13.2. The Kier molecular flexibility index (Phi) is 5.76. The minimum atomic E-state index is -3.95. The second-order valence-electron chi connectivity index (χ2n) is 5.57. The fraction of sp³-hybridized carbons (Fsp3) is 0.250. The van der Waals surface area contributed by atoms with Crippen LogP contribution in [0.3, 0.4) is 0 Å². The molecule has 0 spiro atoms. The topological polar surface area (TPSA) is 106 Å². The average molecular weight is 368 g/mol. The number of sulfonamides is 2. The van der Waals surface area contributed by atoms with E-state index in [1.807, 2.05) is 30.3 Å². The summed E-state index contributed by atoms with van der Waals surface area (Å²) in [5, 5.41) is 5.04. The first-order valence-corrected chi connectivity index (χ1v) is 10.4. The smallest absolute Gasteiger partial charge is 0.225 e. The van der Waals surface area contributed by atoms with Crippen molar-refractivity contribution < 1.29 is 16.8 Å². The number of hydrogen-bond acceptors (Lipinski definition) is 4. The first-order valence-electron chi connectivity index (χ1n) is 7.37. The molecule has 0 aliphatic rings. The van der Waals surface area contributed by atoms with E-state index in [-0.39, 0.29) is 15.8 Å². The highest BCUT2D eigenvalue weighted by Gasteiger charge is 2.19. The molecule has 130 valence electrons. The van der Waals surface area contributed by atoms with Gasteiger partial charge in [-0.15, -0.1) is 0 Å². The summed E-state index contributed by atoms with van der Waals surface area (Å²) in [4.78, 5) is -0.358. The summed E-state index contributed by atoms with van der Waals surface area (Å²) < 4.78 is 50.0. The van der Waals surface area contributed by atoms with Gasteiger partial charge < -0.3 is 0 Å². The highest BCUT2D eigenvalue weighted by Crippen LogP contribution is 2.15. The Morgan fingerprint density at radius 2 is 1.58 bits per heavy atom. The summed E-state index contributed by atoms with van der Waals surface area (Å²) >= 11 is 0. The van der Waals surface area contributed by atoms with Crippen LogP contribution in [-0.2, 0) is 26.5 Å². The highest BCUT2D eigenvalue weighted by atomic mass is 32.2. The number of rotatable bonds is 7. The number of nitrogens with two attached hydrogens (primary N) is 1. The molecule has 0 radical (unpaired) electrons. The van der Waals surface area contributed by atoms with Crippen LogP contribution >= 0.6 is 0 Å². The van der Waals surface area contributed by atoms with Crippen molar-refractivity contribution in [1.82, 2.24) is 4.72 Å². The summed E-state index contributed by atoms with van der Waals surface area (Å²) in [6.07, 6.45) is 1.36. The van der Waals surface area contributed by atoms with Crippen molar-refractivity contribution in [2.75, 3.05) is 0 Å². The van der Waals surface area contributed by atoms with Gasteiger partial charge in [-0.2, -0.15) is 0 Å². The first-order chi connectivity index (χ1) is 11.2. The summed E-state index contributed by atoms with van der Waals surface area (Å²) in [6.45, 7) is 1.77. The van der Waals surface area contributed by atoms with E-state index in [2.05, 4.69) is 4.72 Å². The lowest BCUT2D eigenvalue weighted by Crippen LogP contribution is -2.33. The molecule has 0 bridgehead atoms. The molecule has 0 unspecified atom stereocenters. The first kappa shape index (κ1) is 18.6. The quantitative estimate of drug-likeness (QED) is 0.774. The molecule has 2 aromatic rings. The largest absolute Gasteiger partial charge is 0.240 e. The van der Waals surface area contributed by atoms with E-state index in [0.717, 1.165) is 18.1 Å². The van der Waals surface area contributed by atoms with E-state index < -0.39 is 20.0 Å². The van der Waals surface area contributed by atoms with Crippen molar-refractivity contribution in [2.24, 2.45) is 5.14 Å². The molecule has 2 rings (SSSR count). The van der Waals surface area contributed by atoms with Crippen molar-refractivity contribution in [3.8, 4) is 0 Å². The van der Waals surface area contributed by atoms with Gasteiger partial charge in [0.25, 0.3) is 0 Å². The van der Waals surface area contributed by atoms with Crippen LogP contribution in [-0.4, -0.2) is 22.9 Å². The predicted molar refractivity (Wildman–Crippen MR) is 92.4 cm³/mol. The number of hydrogen-bond donors (Lipinski definition) is 2. The molecular weight excluding hydrogens is 348 g/mol. The van der Waals surface area contributed by atoms with Crippen LogP contribution in [0.25, 0.3) is 0 Å². The molecule has 0 saturated heterocycles. The molecular formula is C16H20N2O4S2. The Morgan fingerprint density at radius 1 is 0.958 bits per heavy atom. The normalized spacial score (nSPS) is 13.6. The van der Waals surface area contributed by atoms with E-state index in [4.69, 9.17) is 5.14 Å². The zero-order valence-corrected chi connectivity index (χ0v) is 14.8. The Hall–Kier alpha value is -1.74. The van der Waals surface area contributed by atoms with Crippen LogP contribution in [0.1, 0.15) is 18.9 Å². The second kappa shape index (κ2) is 7.43. The second-order valence-corrected chi connectivity index (χ2v) is 8.84. The number of nitrogens with one attached hydrogen (secondary N) is 1. The molecule has 0 fully saturated rings. The molecule has 3 N–H and O–H groups in total. The third-order valence-electron chi connectivity index (χ3n) is 3.51. The Balaban J connectivity index is 2.08. The summed E-state index contributed by atoms with van der Waals surface area (Å²) in [5.74, 6) is 0. The Morgan fingerprint density at radius 3 is 2.21 bits per heavy atom. The van der Waals surface area contributed by atoms with Gasteiger partial charge >= 0.3 is 0 Å². The lowest BCUT2D eigenvalue weighted by Gasteiger charge is -2.14. The van der Waals surface area contributed by atoms with Gasteiger partial charge in [0, 0.05) is 6.04 Å². The van der Waals surface area contributed by atoms with Gasteiger partial charge in [-0.25, -0.2) is 26.7 Å². The minimum Gasteiger partial charge on any atom is -0.225 e. The maximum Gasteiger partial charge on any atom is 0.240 e. The van der Waals surface area contributed by atoms with E-state index in [1.165, 1.54) is 18.2 Å². The Labute approximate surface area is 142 Å². The van der Waals surface area contributed by atoms with Crippen LogP contribution in [0, 0.1) is 0 Å². The van der Waals surface area contributed by atoms with Crippen LogP contribution in [0.2, 0.25) is 0 Å². The van der Waals surface area contributed by atoms with Crippen LogP contribution in [0.15, 0.2) is 64.4 Å². The molecule has 6 nitrogen and oxygen atoms in total. The van der Waals surface area contributed by atoms with Gasteiger partial charge in [-0.1, -0.05) is 36.4 Å². The Bertz CT molecular complexity index is 895. The van der Waals surface area contributed by atoms with Gasteiger partial charge in [-0.05, 0) is 43.5 Å². The van der Waals surface area contributed by atoms with Crippen molar-refractivity contribution in [1.29, 1.82) is 0 Å². The molecule has 0 amide bonds. The third kappa shape index (κ3) is 5.13. The maximum absolute atomic E-state index is 12.4. The van der Waals surface area contributed by atoms with E-state index >= 15 is 0 Å². The van der Waals surface area contributed by atoms with Crippen LogP contribution < -0.4 is 9.86 Å². The van der Waals surface area contributed by atoms with E-state index in [0.29, 0.717) is 6.42 Å². The number of primary sulfonamides is 1. The molecule has 0 saturated carbocycles. The maximum atomic E-state index is 12.4. The van der Waals surface area contributed by atoms with Crippen molar-refractivity contribution in [2.45, 2.75) is 35.6 Å². The highest BCUT2D eigenvalue weighted by molar-refractivity contribution is 7.90. The van der Waals surface area contributed by atoms with Gasteiger partial charge in [0.1, 0.15) is 0 Å². The zero-order chi connectivity index (χ0) is 17.8. The van der Waals surface area contributed by atoms with E-state index in [9.17, 15) is 16.8 Å². The van der Waals surface area contributed by atoms with Crippen molar-refractivity contribution in [3.05, 3.63) is 60.2 Å². The minimum absolute atomic E-state index is 0.124. The molecule has 0 aliphatic carbocycles. The molecule has 24 heavy (non-hydrogen) atoms. The monoisotopic (exact) mass is 368 g/mol. The number of benzene rings is 2. The lowest BCUT2D eigenvalue weighted by molar-refractivity contribution is 0.546. The van der Waals surface area contributed by atoms with Crippen molar-refractivity contribution in [3.63, 3.8) is 0 Å². The fourth-order valence-corrected chi connectivity index (χ4v) is 4.20. The molecule has 1 atom stereocenters. The molecule has 0 heterocycles. The molecule has 8 heteroatoms. The third-order valence-corrected chi connectivity index (χ3v) is 6.01. The van der Waals surface area contributed by atoms with Gasteiger partial charge in [0.05, 0.1) is 9.79 Å². The summed E-state index contributed by atoms with van der Waals surface area (Å²) in [6, 6.07) is 14.5. The van der Waals surface area contributed by atoms with Crippen LogP contribution in [0.4, 0.5) is 0 Å². The van der Waals surface area contributed by atoms with E-state index in [1.54, 1.807) is 6.92 Å². The summed E-state index contributed by atoms with van der Waals surface area (Å²) in [5.41, 5.74) is 1.12. The molecule has 2 aromatic carbocycles. The van der Waals surface area contributed by atoms with Gasteiger partial charge in [0.2, 0.25) is 20.0 Å². The lowest BCUT2D eigenvalue weighted by atomic mass is 10.1. The summed E-state index contributed by atoms with van der Waals surface area (Å²) in [7, 11) is -7.77. The average Bonchev–Trinajstić information content (AvgIpc) is 2.53.